The monoisotopic (exact) mass is 326 g/mol. The van der Waals surface area contributed by atoms with E-state index in [1.54, 1.807) is 24.3 Å². The van der Waals surface area contributed by atoms with Gasteiger partial charge in [-0.05, 0) is 50.2 Å². The van der Waals surface area contributed by atoms with Crippen molar-refractivity contribution in [3.63, 3.8) is 0 Å². The minimum atomic E-state index is -0.283. The van der Waals surface area contributed by atoms with Crippen LogP contribution in [0.15, 0.2) is 48.5 Å². The number of rotatable bonds is 3. The lowest BCUT2D eigenvalue weighted by atomic mass is 10.1. The average Bonchev–Trinajstić information content (AvgIpc) is 2.89. The maximum atomic E-state index is 13.0. The standard InChI is InChI=1S/C18H15FN2OS/c1-11-3-5-14(6-4-11)17(22)21-18-20-16(12(2)23-18)13-7-9-15(19)10-8-13/h3-10H,1-2H3,(H,20,21,22). The summed E-state index contributed by atoms with van der Waals surface area (Å²) in [6.45, 7) is 3.90. The smallest absolute Gasteiger partial charge is 0.257 e. The molecule has 0 spiro atoms. The van der Waals surface area contributed by atoms with Gasteiger partial charge in [-0.3, -0.25) is 10.1 Å². The van der Waals surface area contributed by atoms with E-state index < -0.39 is 0 Å². The van der Waals surface area contributed by atoms with Gasteiger partial charge < -0.3 is 0 Å². The van der Waals surface area contributed by atoms with Crippen LogP contribution in [-0.4, -0.2) is 10.9 Å². The first-order chi connectivity index (χ1) is 11.0. The zero-order valence-electron chi connectivity index (χ0n) is 12.8. The maximum Gasteiger partial charge on any atom is 0.257 e. The molecule has 1 aromatic heterocycles. The van der Waals surface area contributed by atoms with Crippen LogP contribution in [0, 0.1) is 19.7 Å². The van der Waals surface area contributed by atoms with Gasteiger partial charge in [0.05, 0.1) is 5.69 Å². The van der Waals surface area contributed by atoms with Crippen LogP contribution in [0.25, 0.3) is 11.3 Å². The molecule has 0 fully saturated rings. The van der Waals surface area contributed by atoms with Crippen LogP contribution in [0.1, 0.15) is 20.8 Å². The number of aryl methyl sites for hydroxylation is 2. The van der Waals surface area contributed by atoms with E-state index in [1.165, 1.54) is 23.5 Å². The van der Waals surface area contributed by atoms with E-state index in [0.717, 1.165) is 21.7 Å². The molecule has 23 heavy (non-hydrogen) atoms. The Morgan fingerprint density at radius 1 is 1.04 bits per heavy atom. The molecule has 0 bridgehead atoms. The second kappa shape index (κ2) is 6.30. The van der Waals surface area contributed by atoms with E-state index in [9.17, 15) is 9.18 Å². The molecule has 0 unspecified atom stereocenters. The van der Waals surface area contributed by atoms with Gasteiger partial charge >= 0.3 is 0 Å². The Hall–Kier alpha value is -2.53. The second-order valence-corrected chi connectivity index (χ2v) is 6.45. The van der Waals surface area contributed by atoms with Crippen molar-refractivity contribution in [3.8, 4) is 11.3 Å². The van der Waals surface area contributed by atoms with Crippen molar-refractivity contribution in [3.05, 3.63) is 70.4 Å². The summed E-state index contributed by atoms with van der Waals surface area (Å²) in [5.41, 5.74) is 3.28. The fourth-order valence-electron chi connectivity index (χ4n) is 2.20. The number of carbonyl (C=O) groups excluding carboxylic acids is 1. The van der Waals surface area contributed by atoms with Crippen LogP contribution in [0.3, 0.4) is 0 Å². The SMILES string of the molecule is Cc1ccc(C(=O)Nc2nc(-c3ccc(F)cc3)c(C)s2)cc1. The molecule has 3 aromatic rings. The number of amides is 1. The Kier molecular flexibility index (Phi) is 4.21. The minimum absolute atomic E-state index is 0.190. The van der Waals surface area contributed by atoms with E-state index >= 15 is 0 Å². The number of nitrogens with zero attached hydrogens (tertiary/aromatic N) is 1. The average molecular weight is 326 g/mol. The Balaban J connectivity index is 1.82. The van der Waals surface area contributed by atoms with Gasteiger partial charge in [-0.1, -0.05) is 17.7 Å². The molecule has 2 aromatic carbocycles. The first-order valence-corrected chi connectivity index (χ1v) is 7.96. The third-order valence-corrected chi connectivity index (χ3v) is 4.33. The zero-order chi connectivity index (χ0) is 16.4. The number of aromatic nitrogens is 1. The van der Waals surface area contributed by atoms with E-state index in [1.807, 2.05) is 26.0 Å². The summed E-state index contributed by atoms with van der Waals surface area (Å²) in [5, 5.41) is 3.35. The molecule has 3 nitrogen and oxygen atoms in total. The molecule has 1 N–H and O–H groups in total. The first kappa shape index (κ1) is 15.4. The summed E-state index contributed by atoms with van der Waals surface area (Å²) in [4.78, 5) is 17.7. The fourth-order valence-corrected chi connectivity index (χ4v) is 3.03. The highest BCUT2D eigenvalue weighted by atomic mass is 32.1. The Labute approximate surface area is 137 Å². The zero-order valence-corrected chi connectivity index (χ0v) is 13.6. The Morgan fingerprint density at radius 3 is 2.35 bits per heavy atom. The summed E-state index contributed by atoms with van der Waals surface area (Å²) in [5.74, 6) is -0.473. The first-order valence-electron chi connectivity index (χ1n) is 7.14. The highest BCUT2D eigenvalue weighted by Gasteiger charge is 2.13. The molecule has 0 radical (unpaired) electrons. The third kappa shape index (κ3) is 3.46. The summed E-state index contributed by atoms with van der Waals surface area (Å²) >= 11 is 1.40. The molecule has 3 rings (SSSR count). The lowest BCUT2D eigenvalue weighted by molar-refractivity contribution is 0.102. The van der Waals surface area contributed by atoms with Crippen molar-refractivity contribution in [2.75, 3.05) is 5.32 Å². The molecule has 116 valence electrons. The van der Waals surface area contributed by atoms with Gasteiger partial charge in [-0.25, -0.2) is 9.37 Å². The molecular weight excluding hydrogens is 311 g/mol. The number of halogens is 1. The van der Waals surface area contributed by atoms with Crippen LogP contribution in [0.5, 0.6) is 0 Å². The van der Waals surface area contributed by atoms with Crippen molar-refractivity contribution in [2.24, 2.45) is 0 Å². The van der Waals surface area contributed by atoms with Gasteiger partial charge in [0.2, 0.25) is 0 Å². The summed E-state index contributed by atoms with van der Waals surface area (Å²) in [6, 6.07) is 13.5. The highest BCUT2D eigenvalue weighted by molar-refractivity contribution is 7.16. The van der Waals surface area contributed by atoms with Crippen LogP contribution in [0.4, 0.5) is 9.52 Å². The topological polar surface area (TPSA) is 42.0 Å². The molecule has 0 aliphatic carbocycles. The van der Waals surface area contributed by atoms with Crippen molar-refractivity contribution < 1.29 is 9.18 Å². The van der Waals surface area contributed by atoms with Crippen molar-refractivity contribution in [1.82, 2.24) is 4.98 Å². The molecule has 0 aliphatic rings. The minimum Gasteiger partial charge on any atom is -0.298 e. The van der Waals surface area contributed by atoms with Gasteiger partial charge in [-0.2, -0.15) is 0 Å². The van der Waals surface area contributed by atoms with Gasteiger partial charge in [0.1, 0.15) is 5.82 Å². The van der Waals surface area contributed by atoms with Gasteiger partial charge in [0.25, 0.3) is 5.91 Å². The maximum absolute atomic E-state index is 13.0. The molecule has 1 amide bonds. The number of benzene rings is 2. The van der Waals surface area contributed by atoms with Crippen LogP contribution >= 0.6 is 11.3 Å². The summed E-state index contributed by atoms with van der Waals surface area (Å²) in [7, 11) is 0. The summed E-state index contributed by atoms with van der Waals surface area (Å²) < 4.78 is 13.0. The van der Waals surface area contributed by atoms with Crippen LogP contribution in [0.2, 0.25) is 0 Å². The van der Waals surface area contributed by atoms with E-state index in [2.05, 4.69) is 10.3 Å². The number of carbonyl (C=O) groups is 1. The van der Waals surface area contributed by atoms with Crippen LogP contribution < -0.4 is 5.32 Å². The predicted molar refractivity (Wildman–Crippen MR) is 91.4 cm³/mol. The molecule has 5 heteroatoms. The number of hydrogen-bond donors (Lipinski definition) is 1. The third-order valence-electron chi connectivity index (χ3n) is 3.45. The molecule has 0 saturated carbocycles. The van der Waals surface area contributed by atoms with E-state index in [4.69, 9.17) is 0 Å². The highest BCUT2D eigenvalue weighted by Crippen LogP contribution is 2.30. The van der Waals surface area contributed by atoms with Crippen molar-refractivity contribution >= 4 is 22.4 Å². The molecule has 1 heterocycles. The molecule has 0 saturated heterocycles. The lowest BCUT2D eigenvalue weighted by Gasteiger charge is -2.02. The Bertz CT molecular complexity index is 838. The predicted octanol–water partition coefficient (Wildman–Crippen LogP) is 4.82. The van der Waals surface area contributed by atoms with Crippen molar-refractivity contribution in [2.45, 2.75) is 13.8 Å². The van der Waals surface area contributed by atoms with Gasteiger partial charge in [-0.15, -0.1) is 11.3 Å². The normalized spacial score (nSPS) is 10.6. The number of anilines is 1. The van der Waals surface area contributed by atoms with Gasteiger partial charge in [0.15, 0.2) is 5.13 Å². The van der Waals surface area contributed by atoms with Crippen molar-refractivity contribution in [1.29, 1.82) is 0 Å². The number of nitrogens with one attached hydrogen (secondary N) is 1. The Morgan fingerprint density at radius 2 is 1.70 bits per heavy atom. The van der Waals surface area contributed by atoms with E-state index in [-0.39, 0.29) is 11.7 Å². The largest absolute Gasteiger partial charge is 0.298 e. The fraction of sp³-hybridized carbons (Fsp3) is 0.111. The lowest BCUT2D eigenvalue weighted by Crippen LogP contribution is -2.11. The summed E-state index contributed by atoms with van der Waals surface area (Å²) in [6.07, 6.45) is 0. The second-order valence-electron chi connectivity index (χ2n) is 5.25. The van der Waals surface area contributed by atoms with Crippen LogP contribution in [-0.2, 0) is 0 Å². The molecule has 0 aliphatic heterocycles. The van der Waals surface area contributed by atoms with E-state index in [0.29, 0.717) is 10.7 Å². The number of hydrogen-bond acceptors (Lipinski definition) is 3. The van der Waals surface area contributed by atoms with Gasteiger partial charge in [0, 0.05) is 16.0 Å². The quantitative estimate of drug-likeness (QED) is 0.750. The molecular formula is C18H15FN2OS. The molecule has 0 atom stereocenters. The number of thiazole rings is 1.